The third-order valence-corrected chi connectivity index (χ3v) is 8.36. The molecule has 2 aliphatic rings. The number of nitrogens with one attached hydrogen (secondary N) is 1. The molecule has 0 radical (unpaired) electrons. The van der Waals surface area contributed by atoms with Crippen molar-refractivity contribution in [3.05, 3.63) is 65.5 Å². The average molecular weight is 490 g/mol. The minimum atomic E-state index is -3.50. The van der Waals surface area contributed by atoms with Crippen LogP contribution in [0.1, 0.15) is 30.4 Å². The van der Waals surface area contributed by atoms with Crippen molar-refractivity contribution in [2.45, 2.75) is 43.2 Å². The van der Waals surface area contributed by atoms with Crippen LogP contribution in [0, 0.1) is 5.82 Å². The van der Waals surface area contributed by atoms with Gasteiger partial charge in [-0.3, -0.25) is 9.69 Å². The van der Waals surface area contributed by atoms with Crippen molar-refractivity contribution in [3.63, 3.8) is 0 Å². The Morgan fingerprint density at radius 1 is 0.941 bits per heavy atom. The van der Waals surface area contributed by atoms with E-state index in [1.165, 1.54) is 16.4 Å². The van der Waals surface area contributed by atoms with Crippen LogP contribution in [0.5, 0.6) is 0 Å². The maximum absolute atomic E-state index is 13.1. The summed E-state index contributed by atoms with van der Waals surface area (Å²) in [5.74, 6) is -0.207. The van der Waals surface area contributed by atoms with Crippen LogP contribution >= 0.6 is 0 Å². The SMILES string of the molecule is O=C(CCc1ccc(S(=O)(=O)N2CCOCC2)cc1)NC1CCN(Cc2ccc(F)cc2)CC1. The predicted molar refractivity (Wildman–Crippen MR) is 127 cm³/mol. The number of carbonyl (C=O) groups excluding carboxylic acids is 1. The van der Waals surface area contributed by atoms with Crippen LogP contribution in [0.25, 0.3) is 0 Å². The van der Waals surface area contributed by atoms with E-state index in [1.54, 1.807) is 24.3 Å². The molecule has 4 rings (SSSR count). The number of halogens is 1. The van der Waals surface area contributed by atoms with Crippen LogP contribution in [-0.2, 0) is 32.5 Å². The molecule has 1 N–H and O–H groups in total. The summed E-state index contributed by atoms with van der Waals surface area (Å²) in [5, 5.41) is 3.13. The van der Waals surface area contributed by atoms with Gasteiger partial charge in [0.2, 0.25) is 15.9 Å². The first-order valence-electron chi connectivity index (χ1n) is 11.8. The van der Waals surface area contributed by atoms with E-state index in [2.05, 4.69) is 10.2 Å². The molecule has 2 saturated heterocycles. The van der Waals surface area contributed by atoms with Crippen LogP contribution in [-0.4, -0.2) is 69.0 Å². The lowest BCUT2D eigenvalue weighted by atomic mass is 10.0. The molecule has 0 aliphatic carbocycles. The summed E-state index contributed by atoms with van der Waals surface area (Å²) in [6.45, 7) is 4.14. The van der Waals surface area contributed by atoms with Gasteiger partial charge in [0.25, 0.3) is 0 Å². The van der Waals surface area contributed by atoms with Gasteiger partial charge >= 0.3 is 0 Å². The number of carbonyl (C=O) groups is 1. The molecular formula is C25H32FN3O4S. The van der Waals surface area contributed by atoms with Crippen molar-refractivity contribution in [3.8, 4) is 0 Å². The number of hydrogen-bond donors (Lipinski definition) is 1. The first-order chi connectivity index (χ1) is 16.4. The number of nitrogens with zero attached hydrogens (tertiary/aromatic N) is 2. The second-order valence-electron chi connectivity index (χ2n) is 8.90. The highest BCUT2D eigenvalue weighted by Gasteiger charge is 2.26. The van der Waals surface area contributed by atoms with Gasteiger partial charge in [0.05, 0.1) is 18.1 Å². The first-order valence-corrected chi connectivity index (χ1v) is 13.3. The quantitative estimate of drug-likeness (QED) is 0.617. The number of hydrogen-bond acceptors (Lipinski definition) is 5. The Labute approximate surface area is 200 Å². The molecule has 0 aromatic heterocycles. The van der Waals surface area contributed by atoms with Crippen molar-refractivity contribution in [2.24, 2.45) is 0 Å². The average Bonchev–Trinajstić information content (AvgIpc) is 2.86. The number of sulfonamides is 1. The van der Waals surface area contributed by atoms with E-state index in [9.17, 15) is 17.6 Å². The van der Waals surface area contributed by atoms with Crippen LogP contribution in [0.4, 0.5) is 4.39 Å². The fourth-order valence-electron chi connectivity index (χ4n) is 4.41. The summed E-state index contributed by atoms with van der Waals surface area (Å²) in [5.41, 5.74) is 2.03. The predicted octanol–water partition coefficient (Wildman–Crippen LogP) is 2.56. The highest BCUT2D eigenvalue weighted by Crippen LogP contribution is 2.19. The van der Waals surface area contributed by atoms with Crippen LogP contribution in [0.3, 0.4) is 0 Å². The molecule has 0 atom stereocenters. The molecule has 1 amide bonds. The highest BCUT2D eigenvalue weighted by atomic mass is 32.2. The number of piperidine rings is 1. The lowest BCUT2D eigenvalue weighted by Gasteiger charge is -2.32. The van der Waals surface area contributed by atoms with Crippen molar-refractivity contribution in [1.29, 1.82) is 0 Å². The zero-order valence-corrected chi connectivity index (χ0v) is 20.1. The number of ether oxygens (including phenoxy) is 1. The minimum Gasteiger partial charge on any atom is -0.379 e. The van der Waals surface area contributed by atoms with Crippen molar-refractivity contribution < 1.29 is 22.3 Å². The summed E-state index contributed by atoms with van der Waals surface area (Å²) < 4.78 is 45.2. The van der Waals surface area contributed by atoms with E-state index in [0.717, 1.165) is 43.6 Å². The molecule has 2 aromatic rings. The number of benzene rings is 2. The molecular weight excluding hydrogens is 457 g/mol. The second-order valence-corrected chi connectivity index (χ2v) is 10.8. The molecule has 0 saturated carbocycles. The van der Waals surface area contributed by atoms with Gasteiger partial charge in [0.15, 0.2) is 0 Å². The molecule has 7 nitrogen and oxygen atoms in total. The monoisotopic (exact) mass is 489 g/mol. The summed E-state index contributed by atoms with van der Waals surface area (Å²) >= 11 is 0. The van der Waals surface area contributed by atoms with Gasteiger partial charge in [-0.25, -0.2) is 12.8 Å². The maximum atomic E-state index is 13.1. The fraction of sp³-hybridized carbons (Fsp3) is 0.480. The maximum Gasteiger partial charge on any atom is 0.243 e. The Hall–Kier alpha value is -2.33. The van der Waals surface area contributed by atoms with Gasteiger partial charge in [-0.1, -0.05) is 24.3 Å². The van der Waals surface area contributed by atoms with Crippen molar-refractivity contribution in [2.75, 3.05) is 39.4 Å². The molecule has 0 unspecified atom stereocenters. The van der Waals surface area contributed by atoms with E-state index in [1.807, 2.05) is 12.1 Å². The van der Waals surface area contributed by atoms with Crippen LogP contribution < -0.4 is 5.32 Å². The molecule has 0 spiro atoms. The van der Waals surface area contributed by atoms with Gasteiger partial charge in [0, 0.05) is 45.2 Å². The third-order valence-electron chi connectivity index (χ3n) is 6.44. The topological polar surface area (TPSA) is 79.0 Å². The number of aryl methyl sites for hydroxylation is 1. The summed E-state index contributed by atoms with van der Waals surface area (Å²) in [6, 6.07) is 13.6. The first kappa shape index (κ1) is 24.8. The van der Waals surface area contributed by atoms with Gasteiger partial charge in [0.1, 0.15) is 5.82 Å². The standard InChI is InChI=1S/C25H32FN3O4S/c26-22-6-1-21(2-7-22)19-28-13-11-23(12-14-28)27-25(30)10-5-20-3-8-24(9-4-20)34(31,32)29-15-17-33-18-16-29/h1-4,6-9,23H,5,10-19H2,(H,27,30). The Kier molecular flexibility index (Phi) is 8.31. The van der Waals surface area contributed by atoms with E-state index >= 15 is 0 Å². The minimum absolute atomic E-state index is 0.0157. The molecule has 0 bridgehead atoms. The van der Waals surface area contributed by atoms with E-state index < -0.39 is 10.0 Å². The molecule has 184 valence electrons. The smallest absolute Gasteiger partial charge is 0.243 e. The molecule has 9 heteroatoms. The molecule has 2 heterocycles. The highest BCUT2D eigenvalue weighted by molar-refractivity contribution is 7.89. The molecule has 2 aliphatic heterocycles. The Balaban J connectivity index is 1.19. The third kappa shape index (κ3) is 6.63. The number of likely N-dealkylation sites (tertiary alicyclic amines) is 1. The Bertz CT molecular complexity index is 1050. The van der Waals surface area contributed by atoms with Crippen molar-refractivity contribution >= 4 is 15.9 Å². The van der Waals surface area contributed by atoms with Crippen LogP contribution in [0.15, 0.2) is 53.4 Å². The zero-order chi connectivity index (χ0) is 24.0. The van der Waals surface area contributed by atoms with Gasteiger partial charge in [-0.05, 0) is 54.7 Å². The second kappa shape index (κ2) is 11.4. The van der Waals surface area contributed by atoms with Gasteiger partial charge in [-0.15, -0.1) is 0 Å². The normalized spacial score (nSPS) is 18.6. The number of rotatable bonds is 8. The summed E-state index contributed by atoms with van der Waals surface area (Å²) in [6.07, 6.45) is 2.71. The summed E-state index contributed by atoms with van der Waals surface area (Å²) in [7, 11) is -3.50. The zero-order valence-electron chi connectivity index (χ0n) is 19.3. The summed E-state index contributed by atoms with van der Waals surface area (Å²) in [4.78, 5) is 15.0. The van der Waals surface area contributed by atoms with E-state index in [-0.39, 0.29) is 22.7 Å². The lowest BCUT2D eigenvalue weighted by Crippen LogP contribution is -2.44. The van der Waals surface area contributed by atoms with Gasteiger partial charge in [-0.2, -0.15) is 4.31 Å². The van der Waals surface area contributed by atoms with E-state index in [4.69, 9.17) is 4.74 Å². The fourth-order valence-corrected chi connectivity index (χ4v) is 5.81. The number of amides is 1. The molecule has 34 heavy (non-hydrogen) atoms. The molecule has 2 fully saturated rings. The van der Waals surface area contributed by atoms with E-state index in [0.29, 0.717) is 39.1 Å². The number of morpholine rings is 1. The van der Waals surface area contributed by atoms with Crippen molar-refractivity contribution in [1.82, 2.24) is 14.5 Å². The Morgan fingerprint density at radius 3 is 2.21 bits per heavy atom. The largest absolute Gasteiger partial charge is 0.379 e. The van der Waals surface area contributed by atoms with Crippen LogP contribution in [0.2, 0.25) is 0 Å². The lowest BCUT2D eigenvalue weighted by molar-refractivity contribution is -0.122. The van der Waals surface area contributed by atoms with Gasteiger partial charge < -0.3 is 10.1 Å². The molecule has 2 aromatic carbocycles. The Morgan fingerprint density at radius 2 is 1.56 bits per heavy atom.